The Bertz CT molecular complexity index is 1680. The van der Waals surface area contributed by atoms with Crippen LogP contribution in [-0.2, 0) is 25.6 Å². The molecule has 0 aromatic heterocycles. The van der Waals surface area contributed by atoms with E-state index in [1.807, 2.05) is 0 Å². The summed E-state index contributed by atoms with van der Waals surface area (Å²) in [5, 5.41) is 33.0. The maximum atomic E-state index is 14.5. The zero-order valence-corrected chi connectivity index (χ0v) is 25.3. The number of primary amides is 1. The van der Waals surface area contributed by atoms with Crippen LogP contribution in [0.25, 0.3) is 11.1 Å². The van der Waals surface area contributed by atoms with Gasteiger partial charge >= 0.3 is 5.97 Å². The number of likely N-dealkylation sites (N-methyl/N-ethyl adjacent to an activating group) is 1. The number of aromatic carboxylic acids is 1. The number of carbonyl (C=O) groups excluding carboxylic acids is 5. The van der Waals surface area contributed by atoms with Gasteiger partial charge in [-0.1, -0.05) is 26.0 Å². The zero-order valence-electron chi connectivity index (χ0n) is 25.3. The van der Waals surface area contributed by atoms with Gasteiger partial charge in [-0.3, -0.25) is 28.9 Å². The van der Waals surface area contributed by atoms with E-state index in [9.17, 15) is 44.1 Å². The van der Waals surface area contributed by atoms with Gasteiger partial charge in [0.2, 0.25) is 5.91 Å². The molecule has 5 rings (SSSR count). The molecule has 0 spiro atoms. The number of aliphatic hydroxyl groups is 1. The monoisotopic (exact) mass is 605 g/mol. The first kappa shape index (κ1) is 31.0. The molecule has 6 atom stereocenters. The predicted molar refractivity (Wildman–Crippen MR) is 157 cm³/mol. The molecule has 0 bridgehead atoms. The lowest BCUT2D eigenvalue weighted by atomic mass is 9.42. The number of Topliss-reactive ketones (excluding diaryl/α,β-unsaturated/α-hetero) is 4. The third kappa shape index (κ3) is 3.90. The van der Waals surface area contributed by atoms with E-state index in [4.69, 9.17) is 5.73 Å². The third-order valence-corrected chi connectivity index (χ3v) is 9.89. The standard InChI is InChI=1S/C32H35N3O9/c1-30-12-17-18(34(3)4)11-16(14-7-9-15(10-8-14)29(42)43)22(36)19(17)23(37)21(30)27(40)32(44)26(39)20(28(33)41)24(38)25(35(5)6)31(32,2)13-30/h7-11,20-21,25,36,44H,12-13H2,1-6H3,(H2,33,41)(H,42,43)/t20?,21?,25-,30+,31+,32-/m1/s1. The number of rotatable bonds is 5. The van der Waals surface area contributed by atoms with Crippen molar-refractivity contribution in [2.45, 2.75) is 38.3 Å². The quantitative estimate of drug-likeness (QED) is 0.356. The molecule has 3 aliphatic rings. The minimum atomic E-state index is -2.89. The van der Waals surface area contributed by atoms with Gasteiger partial charge in [0.15, 0.2) is 34.7 Å². The summed E-state index contributed by atoms with van der Waals surface area (Å²) in [6.07, 6.45) is -0.0346. The summed E-state index contributed by atoms with van der Waals surface area (Å²) >= 11 is 0. The lowest BCUT2D eigenvalue weighted by Gasteiger charge is -2.61. The number of carboxylic acid groups (broad SMARTS) is 1. The first-order chi connectivity index (χ1) is 20.3. The first-order valence-electron chi connectivity index (χ1n) is 14.1. The summed E-state index contributed by atoms with van der Waals surface area (Å²) in [7, 11) is 6.57. The van der Waals surface area contributed by atoms with Gasteiger partial charge in [0, 0.05) is 30.8 Å². The maximum Gasteiger partial charge on any atom is 0.335 e. The number of hydrogen-bond acceptors (Lipinski definition) is 10. The number of amides is 1. The zero-order chi connectivity index (χ0) is 32.8. The Morgan fingerprint density at radius 2 is 1.57 bits per heavy atom. The number of benzene rings is 2. The number of carboxylic acids is 1. The van der Waals surface area contributed by atoms with Gasteiger partial charge in [0.05, 0.1) is 23.1 Å². The van der Waals surface area contributed by atoms with E-state index in [0.29, 0.717) is 16.8 Å². The van der Waals surface area contributed by atoms with Crippen LogP contribution in [-0.4, -0.2) is 95.1 Å². The fourth-order valence-corrected chi connectivity index (χ4v) is 8.18. The maximum absolute atomic E-state index is 14.5. The van der Waals surface area contributed by atoms with E-state index in [1.165, 1.54) is 50.2 Å². The van der Waals surface area contributed by atoms with Crippen LogP contribution in [0.1, 0.15) is 46.5 Å². The van der Waals surface area contributed by atoms with Crippen LogP contribution >= 0.6 is 0 Å². The number of ketones is 4. The van der Waals surface area contributed by atoms with Gasteiger partial charge in [0.25, 0.3) is 0 Å². The smallest absolute Gasteiger partial charge is 0.335 e. The normalized spacial score (nSPS) is 31.3. The number of nitrogens with two attached hydrogens (primary N) is 1. The number of phenols is 1. The Hall–Kier alpha value is -4.42. The molecule has 0 radical (unpaired) electrons. The van der Waals surface area contributed by atoms with Gasteiger partial charge in [0.1, 0.15) is 5.75 Å². The summed E-state index contributed by atoms with van der Waals surface area (Å²) in [4.78, 5) is 83.1. The molecular weight excluding hydrogens is 570 g/mol. The van der Waals surface area contributed by atoms with Crippen molar-refractivity contribution in [3.8, 4) is 16.9 Å². The summed E-state index contributed by atoms with van der Waals surface area (Å²) < 4.78 is 0. The molecule has 2 aromatic rings. The Balaban J connectivity index is 1.75. The van der Waals surface area contributed by atoms with Gasteiger partial charge in [-0.05, 0) is 61.7 Å². The molecular formula is C32H35N3O9. The van der Waals surface area contributed by atoms with Crippen LogP contribution in [0.3, 0.4) is 0 Å². The fraction of sp³-hybridized carbons (Fsp3) is 0.438. The van der Waals surface area contributed by atoms with Gasteiger partial charge in [-0.2, -0.15) is 0 Å². The second-order valence-corrected chi connectivity index (χ2v) is 13.2. The number of hydrogen-bond donors (Lipinski definition) is 4. The average Bonchev–Trinajstić information content (AvgIpc) is 2.90. The minimum absolute atomic E-state index is 0.0240. The molecule has 0 heterocycles. The fourth-order valence-electron chi connectivity index (χ4n) is 8.18. The molecule has 3 aliphatic carbocycles. The molecule has 0 aliphatic heterocycles. The van der Waals surface area contributed by atoms with Crippen molar-refractivity contribution in [3.63, 3.8) is 0 Å². The minimum Gasteiger partial charge on any atom is -0.507 e. The highest BCUT2D eigenvalue weighted by Crippen LogP contribution is 2.62. The Morgan fingerprint density at radius 3 is 2.07 bits per heavy atom. The second-order valence-electron chi connectivity index (χ2n) is 13.2. The predicted octanol–water partition coefficient (Wildman–Crippen LogP) is 1.08. The number of anilines is 1. The molecule has 2 aromatic carbocycles. The Morgan fingerprint density at radius 1 is 0.977 bits per heavy atom. The van der Waals surface area contributed by atoms with Gasteiger partial charge in [-0.15, -0.1) is 0 Å². The highest BCUT2D eigenvalue weighted by atomic mass is 16.4. The summed E-state index contributed by atoms with van der Waals surface area (Å²) in [6.45, 7) is 3.15. The average molecular weight is 606 g/mol. The summed E-state index contributed by atoms with van der Waals surface area (Å²) in [5.41, 5.74) is 1.15. The largest absolute Gasteiger partial charge is 0.507 e. The molecule has 2 fully saturated rings. The number of aromatic hydroxyl groups is 1. The van der Waals surface area contributed by atoms with Crippen molar-refractivity contribution < 1.29 is 44.1 Å². The van der Waals surface area contributed by atoms with Crippen LogP contribution in [0, 0.1) is 22.7 Å². The Labute approximate surface area is 253 Å². The number of fused-ring (bicyclic) bond motifs is 3. The van der Waals surface area contributed by atoms with E-state index < -0.39 is 75.1 Å². The van der Waals surface area contributed by atoms with E-state index in [2.05, 4.69) is 0 Å². The van der Waals surface area contributed by atoms with E-state index >= 15 is 0 Å². The van der Waals surface area contributed by atoms with E-state index in [0.717, 1.165) is 0 Å². The molecule has 12 nitrogen and oxygen atoms in total. The molecule has 12 heteroatoms. The summed E-state index contributed by atoms with van der Waals surface area (Å²) in [6, 6.07) is 6.13. The van der Waals surface area contributed by atoms with Crippen molar-refractivity contribution in [3.05, 3.63) is 47.0 Å². The molecule has 1 amide bonds. The highest BCUT2D eigenvalue weighted by Gasteiger charge is 2.76. The van der Waals surface area contributed by atoms with Crippen molar-refractivity contribution in [2.24, 2.45) is 28.4 Å². The van der Waals surface area contributed by atoms with Crippen molar-refractivity contribution >= 4 is 40.7 Å². The number of phenolic OH excluding ortho intramolecular Hbond substituents is 1. The van der Waals surface area contributed by atoms with Crippen molar-refractivity contribution in [1.29, 1.82) is 0 Å². The van der Waals surface area contributed by atoms with Crippen molar-refractivity contribution in [2.75, 3.05) is 33.1 Å². The van der Waals surface area contributed by atoms with Crippen LogP contribution in [0.4, 0.5) is 5.69 Å². The molecule has 44 heavy (non-hydrogen) atoms. The lowest BCUT2D eigenvalue weighted by Crippen LogP contribution is -2.79. The van der Waals surface area contributed by atoms with Crippen molar-refractivity contribution in [1.82, 2.24) is 4.90 Å². The SMILES string of the molecule is CN(C)c1cc(-c2ccc(C(=O)O)cc2)c(O)c2c1C[C@@]1(C)C[C@@]3(C)[C@H](N(C)C)C(=O)C(C(N)=O)C(=O)[C@@]3(O)C(=O)C1C2=O. The lowest BCUT2D eigenvalue weighted by molar-refractivity contribution is -0.203. The molecule has 5 N–H and O–H groups in total. The van der Waals surface area contributed by atoms with Crippen LogP contribution < -0.4 is 10.6 Å². The van der Waals surface area contributed by atoms with E-state index in [-0.39, 0.29) is 29.5 Å². The molecule has 0 saturated heterocycles. The third-order valence-electron chi connectivity index (χ3n) is 9.89. The first-order valence-corrected chi connectivity index (χ1v) is 14.1. The van der Waals surface area contributed by atoms with Crippen LogP contribution in [0.15, 0.2) is 30.3 Å². The molecule has 2 saturated carbocycles. The number of carbonyl (C=O) groups is 6. The topological polar surface area (TPSA) is 196 Å². The van der Waals surface area contributed by atoms with E-state index in [1.54, 1.807) is 32.0 Å². The molecule has 2 unspecified atom stereocenters. The highest BCUT2D eigenvalue weighted by molar-refractivity contribution is 6.33. The van der Waals surface area contributed by atoms with Crippen LogP contribution in [0.2, 0.25) is 0 Å². The Kier molecular flexibility index (Phi) is 6.91. The second kappa shape index (κ2) is 9.80. The summed E-state index contributed by atoms with van der Waals surface area (Å²) in [5.74, 6) is -10.6. The van der Waals surface area contributed by atoms with Gasteiger partial charge < -0.3 is 26.0 Å². The van der Waals surface area contributed by atoms with Gasteiger partial charge in [-0.25, -0.2) is 4.79 Å². The number of nitrogens with zero attached hydrogens (tertiary/aromatic N) is 2. The molecule has 232 valence electrons. The van der Waals surface area contributed by atoms with Crippen LogP contribution in [0.5, 0.6) is 5.75 Å².